The highest BCUT2D eigenvalue weighted by Gasteiger charge is 2.08. The molecule has 3 aromatic rings. The van der Waals surface area contributed by atoms with Gasteiger partial charge in [-0.25, -0.2) is 9.97 Å². The number of benzene rings is 2. The fourth-order valence-electron chi connectivity index (χ4n) is 2.76. The van der Waals surface area contributed by atoms with Gasteiger partial charge in [-0.05, 0) is 55.8 Å². The molecule has 0 atom stereocenters. The van der Waals surface area contributed by atoms with Crippen LogP contribution in [0.3, 0.4) is 0 Å². The molecule has 4 N–H and O–H groups in total. The molecule has 0 saturated carbocycles. The highest BCUT2D eigenvalue weighted by Crippen LogP contribution is 2.17. The van der Waals surface area contributed by atoms with Crippen LogP contribution < -0.4 is 16.4 Å². The van der Waals surface area contributed by atoms with Crippen molar-refractivity contribution in [1.29, 1.82) is 0 Å². The van der Waals surface area contributed by atoms with Gasteiger partial charge in [-0.2, -0.15) is 0 Å². The number of primary amides is 1. The minimum atomic E-state index is -0.395. The van der Waals surface area contributed by atoms with E-state index in [0.29, 0.717) is 17.2 Å². The molecule has 0 saturated heterocycles. The van der Waals surface area contributed by atoms with E-state index in [9.17, 15) is 9.59 Å². The van der Waals surface area contributed by atoms with Gasteiger partial charge in [0.25, 0.3) is 5.91 Å². The summed E-state index contributed by atoms with van der Waals surface area (Å²) in [6, 6.07) is 16.0. The average Bonchev–Trinajstić information content (AvgIpc) is 2.62. The molecule has 7 heteroatoms. The summed E-state index contributed by atoms with van der Waals surface area (Å²) < 4.78 is 0. The molecule has 142 valence electrons. The minimum Gasteiger partial charge on any atom is -0.369 e. The topological polar surface area (TPSA) is 110 Å². The van der Waals surface area contributed by atoms with Crippen LogP contribution in [-0.4, -0.2) is 21.8 Å². The maximum absolute atomic E-state index is 12.5. The summed E-state index contributed by atoms with van der Waals surface area (Å²) in [5.41, 5.74) is 9.55. The molecular formula is C21H21N5O2. The summed E-state index contributed by atoms with van der Waals surface area (Å²) in [5.74, 6) is -0.151. The van der Waals surface area contributed by atoms with Crippen LogP contribution in [0.2, 0.25) is 0 Å². The molecule has 7 nitrogen and oxygen atoms in total. The first kappa shape index (κ1) is 19.0. The summed E-state index contributed by atoms with van der Waals surface area (Å²) in [4.78, 5) is 32.2. The zero-order valence-corrected chi connectivity index (χ0v) is 15.7. The fraction of sp³-hybridized carbons (Fsp3) is 0.143. The lowest BCUT2D eigenvalue weighted by atomic mass is 10.1. The van der Waals surface area contributed by atoms with Crippen LogP contribution in [0, 0.1) is 13.8 Å². The van der Waals surface area contributed by atoms with Crippen LogP contribution in [-0.2, 0) is 11.2 Å². The van der Waals surface area contributed by atoms with Crippen molar-refractivity contribution in [2.45, 2.75) is 20.3 Å². The third-order valence-electron chi connectivity index (χ3n) is 3.95. The maximum atomic E-state index is 12.5. The first-order chi connectivity index (χ1) is 13.4. The number of aryl methyl sites for hydroxylation is 2. The lowest BCUT2D eigenvalue weighted by Gasteiger charge is -2.09. The fourth-order valence-corrected chi connectivity index (χ4v) is 2.76. The molecule has 0 aliphatic heterocycles. The van der Waals surface area contributed by atoms with Crippen molar-refractivity contribution >= 4 is 29.1 Å². The summed E-state index contributed by atoms with van der Waals surface area (Å²) in [6.07, 6.45) is 0.169. The molecule has 1 aromatic heterocycles. The Morgan fingerprint density at radius 1 is 0.929 bits per heavy atom. The number of anilines is 3. The summed E-state index contributed by atoms with van der Waals surface area (Å²) >= 11 is 0. The van der Waals surface area contributed by atoms with Crippen molar-refractivity contribution in [3.63, 3.8) is 0 Å². The van der Waals surface area contributed by atoms with E-state index in [4.69, 9.17) is 5.73 Å². The molecule has 28 heavy (non-hydrogen) atoms. The Hall–Kier alpha value is -3.74. The lowest BCUT2D eigenvalue weighted by molar-refractivity contribution is -0.117. The second kappa shape index (κ2) is 8.30. The molecule has 1 heterocycles. The third-order valence-corrected chi connectivity index (χ3v) is 3.95. The number of carbonyl (C=O) groups excluding carboxylic acids is 2. The number of aromatic nitrogens is 2. The highest BCUT2D eigenvalue weighted by atomic mass is 16.2. The molecule has 0 fully saturated rings. The van der Waals surface area contributed by atoms with E-state index < -0.39 is 5.91 Å². The molecule has 0 aliphatic rings. The average molecular weight is 375 g/mol. The molecule has 0 spiro atoms. The normalized spacial score (nSPS) is 10.4. The Labute approximate surface area is 163 Å². The quantitative estimate of drug-likeness (QED) is 0.613. The SMILES string of the molecule is Cc1cc(C)nc(Nc2cccc(C(=O)Nc3ccc(CC(N)=O)cc3)c2)n1. The lowest BCUT2D eigenvalue weighted by Crippen LogP contribution is -2.14. The van der Waals surface area contributed by atoms with E-state index in [-0.39, 0.29) is 12.3 Å². The van der Waals surface area contributed by atoms with E-state index in [2.05, 4.69) is 20.6 Å². The van der Waals surface area contributed by atoms with Gasteiger partial charge >= 0.3 is 0 Å². The van der Waals surface area contributed by atoms with Gasteiger partial charge in [0.15, 0.2) is 0 Å². The van der Waals surface area contributed by atoms with E-state index in [1.165, 1.54) is 0 Å². The monoisotopic (exact) mass is 375 g/mol. The number of hydrogen-bond acceptors (Lipinski definition) is 5. The van der Waals surface area contributed by atoms with E-state index in [0.717, 1.165) is 22.6 Å². The first-order valence-electron chi connectivity index (χ1n) is 8.77. The van der Waals surface area contributed by atoms with E-state index in [1.807, 2.05) is 26.0 Å². The predicted molar refractivity (Wildman–Crippen MR) is 109 cm³/mol. The van der Waals surface area contributed by atoms with Gasteiger partial charge in [0.1, 0.15) is 0 Å². The van der Waals surface area contributed by atoms with Crippen molar-refractivity contribution in [2.24, 2.45) is 5.73 Å². The van der Waals surface area contributed by atoms with Crippen molar-refractivity contribution in [1.82, 2.24) is 9.97 Å². The van der Waals surface area contributed by atoms with Gasteiger partial charge in [0.2, 0.25) is 11.9 Å². The van der Waals surface area contributed by atoms with Gasteiger partial charge in [0.05, 0.1) is 6.42 Å². The Bertz CT molecular complexity index is 995. The smallest absolute Gasteiger partial charge is 0.255 e. The molecular weight excluding hydrogens is 354 g/mol. The molecule has 2 amide bonds. The van der Waals surface area contributed by atoms with Crippen molar-refractivity contribution < 1.29 is 9.59 Å². The van der Waals surface area contributed by atoms with Crippen molar-refractivity contribution in [2.75, 3.05) is 10.6 Å². The van der Waals surface area contributed by atoms with Gasteiger partial charge in [-0.1, -0.05) is 18.2 Å². The number of nitrogens with one attached hydrogen (secondary N) is 2. The van der Waals surface area contributed by atoms with E-state index >= 15 is 0 Å². The Balaban J connectivity index is 1.70. The van der Waals surface area contributed by atoms with Crippen LogP contribution in [0.15, 0.2) is 54.6 Å². The van der Waals surface area contributed by atoms with Gasteiger partial charge in [0, 0.05) is 28.3 Å². The number of rotatable bonds is 6. The zero-order valence-electron chi connectivity index (χ0n) is 15.7. The van der Waals surface area contributed by atoms with E-state index in [1.54, 1.807) is 42.5 Å². The second-order valence-electron chi connectivity index (χ2n) is 6.47. The molecule has 3 rings (SSSR count). The van der Waals surface area contributed by atoms with Crippen LogP contribution in [0.4, 0.5) is 17.3 Å². The molecule has 0 bridgehead atoms. The van der Waals surface area contributed by atoms with Gasteiger partial charge in [-0.15, -0.1) is 0 Å². The van der Waals surface area contributed by atoms with Gasteiger partial charge in [-0.3, -0.25) is 9.59 Å². The van der Waals surface area contributed by atoms with Crippen molar-refractivity contribution in [3.05, 3.63) is 77.1 Å². The number of nitrogens with two attached hydrogens (primary N) is 1. The molecule has 0 unspecified atom stereocenters. The largest absolute Gasteiger partial charge is 0.369 e. The summed E-state index contributed by atoms with van der Waals surface area (Å²) in [5, 5.41) is 5.96. The highest BCUT2D eigenvalue weighted by molar-refractivity contribution is 6.04. The Morgan fingerprint density at radius 2 is 1.61 bits per heavy atom. The molecule has 0 radical (unpaired) electrons. The zero-order chi connectivity index (χ0) is 20.1. The van der Waals surface area contributed by atoms with Crippen LogP contribution in [0.5, 0.6) is 0 Å². The predicted octanol–water partition coefficient (Wildman–Crippen LogP) is 3.12. The van der Waals surface area contributed by atoms with Crippen LogP contribution in [0.1, 0.15) is 27.3 Å². The maximum Gasteiger partial charge on any atom is 0.255 e. The molecule has 0 aliphatic carbocycles. The summed E-state index contributed by atoms with van der Waals surface area (Å²) in [6.45, 7) is 3.80. The molecule has 2 aromatic carbocycles. The number of hydrogen-bond donors (Lipinski definition) is 3. The third kappa shape index (κ3) is 5.14. The first-order valence-corrected chi connectivity index (χ1v) is 8.77. The Kier molecular flexibility index (Phi) is 5.64. The number of carbonyl (C=O) groups is 2. The van der Waals surface area contributed by atoms with Crippen LogP contribution >= 0.6 is 0 Å². The van der Waals surface area contributed by atoms with Crippen LogP contribution in [0.25, 0.3) is 0 Å². The second-order valence-corrected chi connectivity index (χ2v) is 6.47. The number of nitrogens with zero attached hydrogens (tertiary/aromatic N) is 2. The standard InChI is InChI=1S/C21H21N5O2/c1-13-10-14(2)24-21(23-13)26-18-5-3-4-16(12-18)20(28)25-17-8-6-15(7-9-17)11-19(22)27/h3-10,12H,11H2,1-2H3,(H2,22,27)(H,25,28)(H,23,24,26). The Morgan fingerprint density at radius 3 is 2.25 bits per heavy atom. The number of amides is 2. The summed E-state index contributed by atoms with van der Waals surface area (Å²) in [7, 11) is 0. The minimum absolute atomic E-state index is 0.169. The van der Waals surface area contributed by atoms with Gasteiger partial charge < -0.3 is 16.4 Å². The van der Waals surface area contributed by atoms with Crippen molar-refractivity contribution in [3.8, 4) is 0 Å².